The lowest BCUT2D eigenvalue weighted by Gasteiger charge is -2.14. The highest BCUT2D eigenvalue weighted by Crippen LogP contribution is 2.14. The van der Waals surface area contributed by atoms with E-state index >= 15 is 0 Å². The van der Waals surface area contributed by atoms with Gasteiger partial charge in [0, 0.05) is 5.69 Å². The van der Waals surface area contributed by atoms with Gasteiger partial charge in [0.2, 0.25) is 0 Å². The first-order valence-electron chi connectivity index (χ1n) is 7.50. The molecule has 1 amide bonds. The van der Waals surface area contributed by atoms with E-state index in [0.717, 1.165) is 0 Å². The van der Waals surface area contributed by atoms with Crippen molar-refractivity contribution in [3.8, 4) is 5.75 Å². The number of hydrogen-bond acceptors (Lipinski definition) is 4. The minimum atomic E-state index is -1.09. The number of benzene rings is 2. The van der Waals surface area contributed by atoms with E-state index < -0.39 is 36.2 Å². The molecule has 0 unspecified atom stereocenters. The van der Waals surface area contributed by atoms with E-state index in [1.807, 2.05) is 0 Å². The largest absolute Gasteiger partial charge is 0.482 e. The molecule has 0 aliphatic heterocycles. The van der Waals surface area contributed by atoms with Gasteiger partial charge >= 0.3 is 5.97 Å². The summed E-state index contributed by atoms with van der Waals surface area (Å²) in [6.45, 7) is 2.56. The van der Waals surface area contributed by atoms with Crippen LogP contribution in [0.25, 0.3) is 0 Å². The standard InChI is InChI=1S/C18H17F2NO4/c1-11-3-6-14(9-16(11)20)21-18(23)12(2)25-17(22)10-24-15-7-4-13(19)5-8-15/h3-9,12H,10H2,1-2H3,(H,21,23)/t12-/m1/s1. The summed E-state index contributed by atoms with van der Waals surface area (Å²) in [7, 11) is 0. The summed E-state index contributed by atoms with van der Waals surface area (Å²) in [5.41, 5.74) is 0.717. The van der Waals surface area contributed by atoms with E-state index in [1.165, 1.54) is 43.3 Å². The van der Waals surface area contributed by atoms with Crippen LogP contribution in [0.3, 0.4) is 0 Å². The second kappa shape index (κ2) is 8.23. The monoisotopic (exact) mass is 349 g/mol. The number of carbonyl (C=O) groups excluding carboxylic acids is 2. The number of nitrogens with one attached hydrogen (secondary N) is 1. The maximum absolute atomic E-state index is 13.5. The van der Waals surface area contributed by atoms with Crippen LogP contribution >= 0.6 is 0 Å². The number of rotatable bonds is 6. The molecule has 0 radical (unpaired) electrons. The predicted molar refractivity (Wildman–Crippen MR) is 87.2 cm³/mol. The highest BCUT2D eigenvalue weighted by atomic mass is 19.1. The lowest BCUT2D eigenvalue weighted by molar-refractivity contribution is -0.155. The van der Waals surface area contributed by atoms with Crippen LogP contribution in [0.15, 0.2) is 42.5 Å². The van der Waals surface area contributed by atoms with Crippen LogP contribution in [0.5, 0.6) is 5.75 Å². The lowest BCUT2D eigenvalue weighted by atomic mass is 10.2. The third-order valence-corrected chi connectivity index (χ3v) is 3.29. The molecule has 0 aromatic heterocycles. The first kappa shape index (κ1) is 18.4. The highest BCUT2D eigenvalue weighted by molar-refractivity contribution is 5.95. The van der Waals surface area contributed by atoms with E-state index in [2.05, 4.69) is 5.32 Å². The second-order valence-electron chi connectivity index (χ2n) is 5.33. The molecule has 2 aromatic rings. The Kier molecular flexibility index (Phi) is 6.05. The summed E-state index contributed by atoms with van der Waals surface area (Å²) >= 11 is 0. The molecular formula is C18H17F2NO4. The van der Waals surface area contributed by atoms with Gasteiger partial charge in [-0.3, -0.25) is 4.79 Å². The summed E-state index contributed by atoms with van der Waals surface area (Å²) in [5, 5.41) is 2.46. The molecular weight excluding hydrogens is 332 g/mol. The van der Waals surface area contributed by atoms with Gasteiger partial charge in [0.15, 0.2) is 12.7 Å². The van der Waals surface area contributed by atoms with E-state index in [-0.39, 0.29) is 5.69 Å². The fourth-order valence-corrected chi connectivity index (χ4v) is 1.87. The van der Waals surface area contributed by atoms with E-state index in [9.17, 15) is 18.4 Å². The van der Waals surface area contributed by atoms with Gasteiger partial charge in [-0.15, -0.1) is 0 Å². The molecule has 25 heavy (non-hydrogen) atoms. The van der Waals surface area contributed by atoms with Gasteiger partial charge in [0.25, 0.3) is 5.91 Å². The van der Waals surface area contributed by atoms with Crippen molar-refractivity contribution in [2.24, 2.45) is 0 Å². The van der Waals surface area contributed by atoms with Gasteiger partial charge in [-0.2, -0.15) is 0 Å². The van der Waals surface area contributed by atoms with Crippen LogP contribution in [-0.4, -0.2) is 24.6 Å². The molecule has 0 spiro atoms. The number of amides is 1. The summed E-state index contributed by atoms with van der Waals surface area (Å²) in [5.74, 6) is -1.94. The number of carbonyl (C=O) groups is 2. The minimum Gasteiger partial charge on any atom is -0.482 e. The molecule has 7 heteroatoms. The predicted octanol–water partition coefficient (Wildman–Crippen LogP) is 3.22. The van der Waals surface area contributed by atoms with Crippen LogP contribution in [0, 0.1) is 18.6 Å². The molecule has 1 atom stereocenters. The number of aryl methyl sites for hydroxylation is 1. The molecule has 0 heterocycles. The van der Waals surface area contributed by atoms with E-state index in [0.29, 0.717) is 11.3 Å². The number of esters is 1. The zero-order chi connectivity index (χ0) is 18.4. The quantitative estimate of drug-likeness (QED) is 0.814. The Morgan fingerprint density at radius 1 is 1.12 bits per heavy atom. The smallest absolute Gasteiger partial charge is 0.344 e. The van der Waals surface area contributed by atoms with Crippen molar-refractivity contribution in [1.82, 2.24) is 0 Å². The molecule has 0 aliphatic carbocycles. The normalized spacial score (nSPS) is 11.5. The lowest BCUT2D eigenvalue weighted by Crippen LogP contribution is -2.31. The Hall–Kier alpha value is -2.96. The Balaban J connectivity index is 1.82. The average molecular weight is 349 g/mol. The Bertz CT molecular complexity index is 762. The van der Waals surface area contributed by atoms with Gasteiger partial charge in [-0.05, 0) is 55.8 Å². The maximum Gasteiger partial charge on any atom is 0.344 e. The van der Waals surface area contributed by atoms with Crippen molar-refractivity contribution in [2.45, 2.75) is 20.0 Å². The van der Waals surface area contributed by atoms with Crippen molar-refractivity contribution in [2.75, 3.05) is 11.9 Å². The maximum atomic E-state index is 13.5. The van der Waals surface area contributed by atoms with Crippen LogP contribution < -0.4 is 10.1 Å². The number of anilines is 1. The fourth-order valence-electron chi connectivity index (χ4n) is 1.87. The summed E-state index contributed by atoms with van der Waals surface area (Å²) < 4.78 is 36.3. The molecule has 1 N–H and O–H groups in total. The van der Waals surface area contributed by atoms with Crippen molar-refractivity contribution < 1.29 is 27.8 Å². The molecule has 0 bridgehead atoms. The Morgan fingerprint density at radius 2 is 1.80 bits per heavy atom. The van der Waals surface area contributed by atoms with Crippen LogP contribution in [0.4, 0.5) is 14.5 Å². The number of ether oxygens (including phenoxy) is 2. The second-order valence-corrected chi connectivity index (χ2v) is 5.33. The molecule has 0 saturated carbocycles. The van der Waals surface area contributed by atoms with Gasteiger partial charge in [-0.25, -0.2) is 13.6 Å². The third-order valence-electron chi connectivity index (χ3n) is 3.29. The molecule has 2 aromatic carbocycles. The molecule has 132 valence electrons. The molecule has 0 saturated heterocycles. The molecule has 0 fully saturated rings. The number of halogens is 2. The van der Waals surface area contributed by atoms with Crippen LogP contribution in [0.1, 0.15) is 12.5 Å². The summed E-state index contributed by atoms with van der Waals surface area (Å²) in [4.78, 5) is 23.7. The van der Waals surface area contributed by atoms with E-state index in [1.54, 1.807) is 13.0 Å². The SMILES string of the molecule is Cc1ccc(NC(=O)[C@@H](C)OC(=O)COc2ccc(F)cc2)cc1F. The molecule has 5 nitrogen and oxygen atoms in total. The highest BCUT2D eigenvalue weighted by Gasteiger charge is 2.18. The zero-order valence-electron chi connectivity index (χ0n) is 13.7. The topological polar surface area (TPSA) is 64.6 Å². The van der Waals surface area contributed by atoms with Gasteiger partial charge in [0.05, 0.1) is 0 Å². The van der Waals surface area contributed by atoms with Crippen molar-refractivity contribution in [1.29, 1.82) is 0 Å². The zero-order valence-corrected chi connectivity index (χ0v) is 13.7. The van der Waals surface area contributed by atoms with Crippen LogP contribution in [0.2, 0.25) is 0 Å². The van der Waals surface area contributed by atoms with Crippen molar-refractivity contribution >= 4 is 17.6 Å². The minimum absolute atomic E-state index is 0.263. The van der Waals surface area contributed by atoms with E-state index in [4.69, 9.17) is 9.47 Å². The van der Waals surface area contributed by atoms with Gasteiger partial charge in [0.1, 0.15) is 17.4 Å². The third kappa shape index (κ3) is 5.56. The van der Waals surface area contributed by atoms with Crippen molar-refractivity contribution in [3.05, 3.63) is 59.7 Å². The fraction of sp³-hybridized carbons (Fsp3) is 0.222. The average Bonchev–Trinajstić information content (AvgIpc) is 2.57. The Labute approximate surface area is 143 Å². The van der Waals surface area contributed by atoms with Crippen molar-refractivity contribution in [3.63, 3.8) is 0 Å². The van der Waals surface area contributed by atoms with Gasteiger partial charge in [-0.1, -0.05) is 6.07 Å². The first-order valence-corrected chi connectivity index (χ1v) is 7.50. The number of hydrogen-bond donors (Lipinski definition) is 1. The summed E-state index contributed by atoms with van der Waals surface area (Å²) in [6, 6.07) is 9.37. The summed E-state index contributed by atoms with van der Waals surface area (Å²) in [6.07, 6.45) is -1.09. The Morgan fingerprint density at radius 3 is 2.44 bits per heavy atom. The molecule has 2 rings (SSSR count). The van der Waals surface area contributed by atoms with Crippen LogP contribution in [-0.2, 0) is 14.3 Å². The van der Waals surface area contributed by atoms with Gasteiger partial charge < -0.3 is 14.8 Å². The molecule has 0 aliphatic rings. The first-order chi connectivity index (χ1) is 11.8.